The fourth-order valence-electron chi connectivity index (χ4n) is 4.33. The van der Waals surface area contributed by atoms with E-state index in [2.05, 4.69) is 5.32 Å². The standard InChI is InChI=1S/C17H31N/c1-2-4-8-16(9-5-3-1)18-17-10-6-7-15(13-17)14-11-12-14/h14-18H,1-13H2. The average Bonchev–Trinajstić information content (AvgIpc) is 3.17. The quantitative estimate of drug-likeness (QED) is 0.767. The molecular weight excluding hydrogens is 218 g/mol. The van der Waals surface area contributed by atoms with E-state index in [4.69, 9.17) is 0 Å². The summed E-state index contributed by atoms with van der Waals surface area (Å²) in [6.45, 7) is 0. The summed E-state index contributed by atoms with van der Waals surface area (Å²) in [5.74, 6) is 2.22. The molecule has 3 aliphatic carbocycles. The number of nitrogens with one attached hydrogen (secondary N) is 1. The van der Waals surface area contributed by atoms with Crippen LogP contribution >= 0.6 is 0 Å². The second-order valence-corrected chi connectivity index (χ2v) is 7.17. The molecule has 3 saturated carbocycles. The molecule has 0 spiro atoms. The minimum Gasteiger partial charge on any atom is -0.311 e. The second-order valence-electron chi connectivity index (χ2n) is 7.17. The van der Waals surface area contributed by atoms with Gasteiger partial charge in [0.05, 0.1) is 0 Å². The van der Waals surface area contributed by atoms with Crippen molar-refractivity contribution in [2.75, 3.05) is 0 Å². The number of hydrogen-bond acceptors (Lipinski definition) is 1. The van der Waals surface area contributed by atoms with Gasteiger partial charge in [-0.1, -0.05) is 44.9 Å². The number of rotatable bonds is 3. The van der Waals surface area contributed by atoms with Crippen molar-refractivity contribution >= 4 is 0 Å². The van der Waals surface area contributed by atoms with Gasteiger partial charge >= 0.3 is 0 Å². The summed E-state index contributed by atoms with van der Waals surface area (Å²) in [5.41, 5.74) is 0. The Morgan fingerprint density at radius 3 is 1.89 bits per heavy atom. The maximum atomic E-state index is 4.04. The summed E-state index contributed by atoms with van der Waals surface area (Å²) >= 11 is 0. The molecule has 0 heterocycles. The van der Waals surface area contributed by atoms with Crippen molar-refractivity contribution in [1.82, 2.24) is 5.32 Å². The van der Waals surface area contributed by atoms with Crippen LogP contribution in [0.15, 0.2) is 0 Å². The minimum absolute atomic E-state index is 0.855. The van der Waals surface area contributed by atoms with E-state index in [0.717, 1.165) is 23.9 Å². The van der Waals surface area contributed by atoms with Gasteiger partial charge in [0.2, 0.25) is 0 Å². The van der Waals surface area contributed by atoms with Crippen LogP contribution in [0.4, 0.5) is 0 Å². The first kappa shape index (κ1) is 13.0. The van der Waals surface area contributed by atoms with Crippen molar-refractivity contribution in [3.8, 4) is 0 Å². The van der Waals surface area contributed by atoms with Gasteiger partial charge < -0.3 is 5.32 Å². The fourth-order valence-corrected chi connectivity index (χ4v) is 4.33. The van der Waals surface area contributed by atoms with Crippen LogP contribution in [0.25, 0.3) is 0 Å². The van der Waals surface area contributed by atoms with Gasteiger partial charge in [0.1, 0.15) is 0 Å². The van der Waals surface area contributed by atoms with E-state index in [1.54, 1.807) is 12.8 Å². The van der Waals surface area contributed by atoms with Gasteiger partial charge in [0.25, 0.3) is 0 Å². The highest BCUT2D eigenvalue weighted by atomic mass is 15.0. The average molecular weight is 249 g/mol. The van der Waals surface area contributed by atoms with Crippen molar-refractivity contribution in [2.24, 2.45) is 11.8 Å². The molecule has 18 heavy (non-hydrogen) atoms. The molecule has 3 aliphatic rings. The zero-order valence-electron chi connectivity index (χ0n) is 12.0. The van der Waals surface area contributed by atoms with Crippen LogP contribution in [0.5, 0.6) is 0 Å². The third-order valence-electron chi connectivity index (χ3n) is 5.58. The van der Waals surface area contributed by atoms with Gasteiger partial charge in [-0.05, 0) is 50.4 Å². The van der Waals surface area contributed by atoms with Crippen LogP contribution in [0, 0.1) is 11.8 Å². The SMILES string of the molecule is C1CCCC(NC2CCCC(C3CC3)C2)CCC1. The predicted octanol–water partition coefficient (Wildman–Crippen LogP) is 4.66. The Bertz CT molecular complexity index is 238. The Morgan fingerprint density at radius 2 is 1.17 bits per heavy atom. The summed E-state index contributed by atoms with van der Waals surface area (Å²) in [4.78, 5) is 0. The van der Waals surface area contributed by atoms with Gasteiger partial charge in [0.15, 0.2) is 0 Å². The third kappa shape index (κ3) is 3.73. The van der Waals surface area contributed by atoms with Crippen LogP contribution < -0.4 is 5.32 Å². The molecule has 104 valence electrons. The molecule has 0 radical (unpaired) electrons. The topological polar surface area (TPSA) is 12.0 Å². The highest BCUT2D eigenvalue weighted by Crippen LogP contribution is 2.44. The molecule has 0 aromatic heterocycles. The van der Waals surface area contributed by atoms with E-state index in [9.17, 15) is 0 Å². The highest BCUT2D eigenvalue weighted by molar-refractivity contribution is 4.89. The van der Waals surface area contributed by atoms with Gasteiger partial charge in [-0.2, -0.15) is 0 Å². The molecule has 0 amide bonds. The first-order chi connectivity index (χ1) is 8.92. The molecule has 1 heteroatoms. The smallest absolute Gasteiger partial charge is 0.00723 e. The molecule has 0 aliphatic heterocycles. The van der Waals surface area contributed by atoms with Crippen molar-refractivity contribution in [3.05, 3.63) is 0 Å². The molecular formula is C17H31N. The second kappa shape index (κ2) is 6.41. The van der Waals surface area contributed by atoms with Gasteiger partial charge in [0, 0.05) is 12.1 Å². The summed E-state index contributed by atoms with van der Waals surface area (Å²) in [7, 11) is 0. The summed E-state index contributed by atoms with van der Waals surface area (Å²) in [5, 5.41) is 4.04. The highest BCUT2D eigenvalue weighted by Gasteiger charge is 2.35. The molecule has 2 atom stereocenters. The lowest BCUT2D eigenvalue weighted by molar-refractivity contribution is 0.234. The fraction of sp³-hybridized carbons (Fsp3) is 1.00. The van der Waals surface area contributed by atoms with E-state index < -0.39 is 0 Å². The van der Waals surface area contributed by atoms with Crippen molar-refractivity contribution in [2.45, 2.75) is 95.6 Å². The van der Waals surface area contributed by atoms with Crippen molar-refractivity contribution in [1.29, 1.82) is 0 Å². The minimum atomic E-state index is 0.855. The maximum absolute atomic E-state index is 4.04. The summed E-state index contributed by atoms with van der Waals surface area (Å²) in [6.07, 6.45) is 19.4. The summed E-state index contributed by atoms with van der Waals surface area (Å²) < 4.78 is 0. The molecule has 0 aromatic carbocycles. The van der Waals surface area contributed by atoms with E-state index in [-0.39, 0.29) is 0 Å². The first-order valence-corrected chi connectivity index (χ1v) is 8.68. The van der Waals surface area contributed by atoms with E-state index in [1.165, 1.54) is 70.6 Å². The molecule has 2 unspecified atom stereocenters. The molecule has 0 saturated heterocycles. The Balaban J connectivity index is 1.45. The molecule has 1 nitrogen and oxygen atoms in total. The lowest BCUT2D eigenvalue weighted by Gasteiger charge is -2.33. The summed E-state index contributed by atoms with van der Waals surface area (Å²) in [6, 6.07) is 1.72. The van der Waals surface area contributed by atoms with Gasteiger partial charge in [-0.25, -0.2) is 0 Å². The first-order valence-electron chi connectivity index (χ1n) is 8.68. The van der Waals surface area contributed by atoms with Gasteiger partial charge in [-0.3, -0.25) is 0 Å². The lowest BCUT2D eigenvalue weighted by Crippen LogP contribution is -2.41. The molecule has 0 aromatic rings. The van der Waals surface area contributed by atoms with E-state index in [1.807, 2.05) is 0 Å². The Kier molecular flexibility index (Phi) is 4.62. The normalized spacial score (nSPS) is 36.0. The largest absolute Gasteiger partial charge is 0.311 e. The monoisotopic (exact) mass is 249 g/mol. The lowest BCUT2D eigenvalue weighted by atomic mass is 9.82. The zero-order chi connectivity index (χ0) is 12.2. The molecule has 3 fully saturated rings. The van der Waals surface area contributed by atoms with Crippen LogP contribution in [0.3, 0.4) is 0 Å². The Morgan fingerprint density at radius 1 is 0.500 bits per heavy atom. The maximum Gasteiger partial charge on any atom is 0.00723 e. The van der Waals surface area contributed by atoms with Crippen LogP contribution in [0.1, 0.15) is 83.5 Å². The van der Waals surface area contributed by atoms with E-state index >= 15 is 0 Å². The van der Waals surface area contributed by atoms with Crippen molar-refractivity contribution < 1.29 is 0 Å². The van der Waals surface area contributed by atoms with Crippen LogP contribution in [-0.4, -0.2) is 12.1 Å². The van der Waals surface area contributed by atoms with Crippen molar-refractivity contribution in [3.63, 3.8) is 0 Å². The Labute approximate surface area is 113 Å². The predicted molar refractivity (Wildman–Crippen MR) is 77.7 cm³/mol. The van der Waals surface area contributed by atoms with Crippen LogP contribution in [0.2, 0.25) is 0 Å². The Hall–Kier alpha value is -0.0400. The van der Waals surface area contributed by atoms with Crippen LogP contribution in [-0.2, 0) is 0 Å². The van der Waals surface area contributed by atoms with Gasteiger partial charge in [-0.15, -0.1) is 0 Å². The third-order valence-corrected chi connectivity index (χ3v) is 5.58. The number of hydrogen-bond donors (Lipinski definition) is 1. The van der Waals surface area contributed by atoms with E-state index in [0.29, 0.717) is 0 Å². The molecule has 1 N–H and O–H groups in total. The molecule has 0 bridgehead atoms. The molecule has 3 rings (SSSR count). The zero-order valence-corrected chi connectivity index (χ0v) is 12.0.